The van der Waals surface area contributed by atoms with Crippen LogP contribution in [0.3, 0.4) is 0 Å². The lowest BCUT2D eigenvalue weighted by Crippen LogP contribution is -2.17. The van der Waals surface area contributed by atoms with Gasteiger partial charge in [-0.3, -0.25) is 9.89 Å². The van der Waals surface area contributed by atoms with Crippen LogP contribution < -0.4 is 5.43 Å². The summed E-state index contributed by atoms with van der Waals surface area (Å²) >= 11 is 5.85. The average molecular weight is 341 g/mol. The first-order chi connectivity index (χ1) is 11.6. The van der Waals surface area contributed by atoms with Crippen molar-refractivity contribution in [3.8, 4) is 17.0 Å². The van der Waals surface area contributed by atoms with Gasteiger partial charge in [-0.1, -0.05) is 35.9 Å². The molecule has 120 valence electrons. The standard InChI is InChI=1S/C17H13ClN4O2/c18-13-6-4-12(5-7-13)15-9-16(21-20-15)17(24)22-19-10-11-2-1-3-14(23)8-11/h1-10,23H,(H,20,21)(H,22,24)/b19-10+. The van der Waals surface area contributed by atoms with Gasteiger partial charge in [0, 0.05) is 10.6 Å². The van der Waals surface area contributed by atoms with E-state index in [1.54, 1.807) is 36.4 Å². The third-order valence-electron chi connectivity index (χ3n) is 3.21. The predicted octanol–water partition coefficient (Wildman–Crippen LogP) is 3.20. The highest BCUT2D eigenvalue weighted by Gasteiger charge is 2.10. The zero-order valence-corrected chi connectivity index (χ0v) is 13.2. The maximum absolute atomic E-state index is 12.0. The summed E-state index contributed by atoms with van der Waals surface area (Å²) in [5.41, 5.74) is 4.83. The van der Waals surface area contributed by atoms with E-state index in [-0.39, 0.29) is 11.4 Å². The molecule has 7 heteroatoms. The van der Waals surface area contributed by atoms with Gasteiger partial charge in [-0.2, -0.15) is 10.2 Å². The minimum Gasteiger partial charge on any atom is -0.508 e. The first-order valence-corrected chi connectivity index (χ1v) is 7.43. The molecular formula is C17H13ClN4O2. The number of phenolic OH excluding ortho intramolecular Hbond substituents is 1. The molecule has 1 amide bonds. The van der Waals surface area contributed by atoms with Crippen LogP contribution in [0.1, 0.15) is 16.1 Å². The SMILES string of the molecule is O=C(N/N=C/c1cccc(O)c1)c1cc(-c2ccc(Cl)cc2)n[nH]1. The zero-order chi connectivity index (χ0) is 16.9. The normalized spacial score (nSPS) is 10.9. The van der Waals surface area contributed by atoms with E-state index in [2.05, 4.69) is 20.7 Å². The van der Waals surface area contributed by atoms with E-state index in [1.807, 2.05) is 12.1 Å². The van der Waals surface area contributed by atoms with Crippen molar-refractivity contribution in [2.75, 3.05) is 0 Å². The monoisotopic (exact) mass is 340 g/mol. The van der Waals surface area contributed by atoms with Crippen molar-refractivity contribution in [3.05, 3.63) is 70.9 Å². The molecule has 0 atom stereocenters. The Balaban J connectivity index is 1.66. The van der Waals surface area contributed by atoms with Gasteiger partial charge < -0.3 is 5.11 Å². The van der Waals surface area contributed by atoms with Crippen molar-refractivity contribution in [2.45, 2.75) is 0 Å². The number of hydrogen-bond donors (Lipinski definition) is 3. The summed E-state index contributed by atoms with van der Waals surface area (Å²) in [6, 6.07) is 15.3. The summed E-state index contributed by atoms with van der Waals surface area (Å²) in [6.07, 6.45) is 1.44. The average Bonchev–Trinajstić information content (AvgIpc) is 3.05. The Kier molecular flexibility index (Phi) is 4.58. The number of carbonyl (C=O) groups is 1. The summed E-state index contributed by atoms with van der Waals surface area (Å²) in [7, 11) is 0. The second kappa shape index (κ2) is 6.97. The van der Waals surface area contributed by atoms with Crippen molar-refractivity contribution in [1.29, 1.82) is 0 Å². The molecule has 0 unspecified atom stereocenters. The molecule has 0 fully saturated rings. The van der Waals surface area contributed by atoms with E-state index < -0.39 is 5.91 Å². The maximum atomic E-state index is 12.0. The number of aromatic hydroxyl groups is 1. The van der Waals surface area contributed by atoms with E-state index in [9.17, 15) is 9.90 Å². The number of aromatic nitrogens is 2. The number of nitrogens with zero attached hydrogens (tertiary/aromatic N) is 2. The first-order valence-electron chi connectivity index (χ1n) is 7.05. The smallest absolute Gasteiger partial charge is 0.289 e. The van der Waals surface area contributed by atoms with Gasteiger partial charge in [-0.25, -0.2) is 5.43 Å². The number of benzene rings is 2. The van der Waals surface area contributed by atoms with Crippen LogP contribution in [-0.4, -0.2) is 27.4 Å². The first kappa shape index (κ1) is 15.8. The number of hydrazone groups is 1. The fourth-order valence-electron chi connectivity index (χ4n) is 2.04. The fourth-order valence-corrected chi connectivity index (χ4v) is 2.16. The van der Waals surface area contributed by atoms with E-state index in [1.165, 1.54) is 12.3 Å². The van der Waals surface area contributed by atoms with Crippen molar-refractivity contribution < 1.29 is 9.90 Å². The molecule has 3 aromatic rings. The number of phenols is 1. The van der Waals surface area contributed by atoms with Crippen LogP contribution in [-0.2, 0) is 0 Å². The Labute approximate surface area is 142 Å². The molecule has 0 spiro atoms. The number of aromatic amines is 1. The third kappa shape index (κ3) is 3.80. The number of hydrogen-bond acceptors (Lipinski definition) is 4. The molecule has 1 heterocycles. The van der Waals surface area contributed by atoms with Gasteiger partial charge in [0.1, 0.15) is 11.4 Å². The molecule has 0 saturated heterocycles. The molecule has 0 bridgehead atoms. The van der Waals surface area contributed by atoms with Crippen molar-refractivity contribution in [1.82, 2.24) is 15.6 Å². The molecule has 0 aliphatic heterocycles. The molecule has 0 aliphatic carbocycles. The Bertz CT molecular complexity index is 888. The van der Waals surface area contributed by atoms with Crippen LogP contribution >= 0.6 is 11.6 Å². The minimum atomic E-state index is -0.417. The summed E-state index contributed by atoms with van der Waals surface area (Å²) in [4.78, 5) is 12.0. The van der Waals surface area contributed by atoms with Gasteiger partial charge in [0.05, 0.1) is 11.9 Å². The van der Waals surface area contributed by atoms with Gasteiger partial charge in [0.2, 0.25) is 0 Å². The van der Waals surface area contributed by atoms with Crippen LogP contribution in [0.5, 0.6) is 5.75 Å². The predicted molar refractivity (Wildman–Crippen MR) is 92.2 cm³/mol. The summed E-state index contributed by atoms with van der Waals surface area (Å²) < 4.78 is 0. The molecule has 6 nitrogen and oxygen atoms in total. The third-order valence-corrected chi connectivity index (χ3v) is 3.46. The Morgan fingerprint density at radius 1 is 1.21 bits per heavy atom. The molecule has 1 aromatic heterocycles. The Hall–Kier alpha value is -3.12. The highest BCUT2D eigenvalue weighted by molar-refractivity contribution is 6.30. The van der Waals surface area contributed by atoms with Crippen molar-refractivity contribution >= 4 is 23.7 Å². The van der Waals surface area contributed by atoms with Gasteiger partial charge >= 0.3 is 0 Å². The lowest BCUT2D eigenvalue weighted by atomic mass is 10.1. The number of halogens is 1. The van der Waals surface area contributed by atoms with Crippen molar-refractivity contribution in [3.63, 3.8) is 0 Å². The quantitative estimate of drug-likeness (QED) is 0.503. The fraction of sp³-hybridized carbons (Fsp3) is 0. The number of H-pyrrole nitrogens is 1. The molecule has 3 N–H and O–H groups in total. The Morgan fingerprint density at radius 3 is 2.75 bits per heavy atom. The van der Waals surface area contributed by atoms with Gasteiger partial charge in [0.15, 0.2) is 0 Å². The number of amides is 1. The number of rotatable bonds is 4. The van der Waals surface area contributed by atoms with Crippen molar-refractivity contribution in [2.24, 2.45) is 5.10 Å². The molecule has 24 heavy (non-hydrogen) atoms. The molecule has 2 aromatic carbocycles. The molecule has 0 aliphatic rings. The van der Waals surface area contributed by atoms with Crippen LogP contribution in [0.15, 0.2) is 59.7 Å². The van der Waals surface area contributed by atoms with Crippen LogP contribution in [0, 0.1) is 0 Å². The van der Waals surface area contributed by atoms with Crippen LogP contribution in [0.4, 0.5) is 0 Å². The second-order valence-corrected chi connectivity index (χ2v) is 5.40. The molecule has 0 radical (unpaired) electrons. The maximum Gasteiger partial charge on any atom is 0.289 e. The molecular weight excluding hydrogens is 328 g/mol. The van der Waals surface area contributed by atoms with Crippen LogP contribution in [0.2, 0.25) is 5.02 Å². The summed E-state index contributed by atoms with van der Waals surface area (Å²) in [5, 5.41) is 20.6. The van der Waals surface area contributed by atoms with Gasteiger partial charge in [-0.05, 0) is 35.9 Å². The Morgan fingerprint density at radius 2 is 2.00 bits per heavy atom. The van der Waals surface area contributed by atoms with E-state index in [4.69, 9.17) is 11.6 Å². The lowest BCUT2D eigenvalue weighted by molar-refractivity contribution is 0.0950. The molecule has 3 rings (SSSR count). The summed E-state index contributed by atoms with van der Waals surface area (Å²) in [6.45, 7) is 0. The van der Waals surface area contributed by atoms with Gasteiger partial charge in [-0.15, -0.1) is 0 Å². The minimum absolute atomic E-state index is 0.131. The summed E-state index contributed by atoms with van der Waals surface area (Å²) in [5.74, 6) is -0.287. The van der Waals surface area contributed by atoms with E-state index in [0.717, 1.165) is 5.56 Å². The number of nitrogens with one attached hydrogen (secondary N) is 2. The number of carbonyl (C=O) groups excluding carboxylic acids is 1. The zero-order valence-electron chi connectivity index (χ0n) is 12.4. The van der Waals surface area contributed by atoms with E-state index in [0.29, 0.717) is 16.3 Å². The van der Waals surface area contributed by atoms with Crippen LogP contribution in [0.25, 0.3) is 11.3 Å². The second-order valence-electron chi connectivity index (χ2n) is 4.97. The topological polar surface area (TPSA) is 90.4 Å². The lowest BCUT2D eigenvalue weighted by Gasteiger charge is -1.97. The molecule has 0 saturated carbocycles. The highest BCUT2D eigenvalue weighted by Crippen LogP contribution is 2.20. The van der Waals surface area contributed by atoms with Gasteiger partial charge in [0.25, 0.3) is 5.91 Å². The highest BCUT2D eigenvalue weighted by atomic mass is 35.5. The van der Waals surface area contributed by atoms with E-state index >= 15 is 0 Å². The largest absolute Gasteiger partial charge is 0.508 e.